The second-order valence-electron chi connectivity index (χ2n) is 1.93. The molecule has 0 bridgehead atoms. The molecule has 0 spiro atoms. The summed E-state index contributed by atoms with van der Waals surface area (Å²) >= 11 is -2.25. The first kappa shape index (κ1) is 8.16. The van der Waals surface area contributed by atoms with E-state index in [0.717, 1.165) is 5.69 Å². The molecule has 0 aromatic carbocycles. The third-order valence-electron chi connectivity index (χ3n) is 1.04. The SMILES string of the molecule is Cc1cc(OS(=O)O)ccn1. The largest absolute Gasteiger partial charge is 0.380 e. The second kappa shape index (κ2) is 3.45. The molecule has 0 saturated heterocycles. The van der Waals surface area contributed by atoms with Crippen molar-refractivity contribution in [2.75, 3.05) is 0 Å². The van der Waals surface area contributed by atoms with Crippen molar-refractivity contribution in [1.82, 2.24) is 4.98 Å². The number of hydrogen-bond donors (Lipinski definition) is 1. The lowest BCUT2D eigenvalue weighted by Crippen LogP contribution is -1.97. The molecule has 1 unspecified atom stereocenters. The van der Waals surface area contributed by atoms with Crippen LogP contribution >= 0.6 is 0 Å². The number of aromatic nitrogens is 1. The molecule has 0 saturated carbocycles. The third kappa shape index (κ3) is 2.65. The van der Waals surface area contributed by atoms with Crippen molar-refractivity contribution in [3.63, 3.8) is 0 Å². The molecule has 0 fully saturated rings. The molecule has 5 heteroatoms. The summed E-state index contributed by atoms with van der Waals surface area (Å²) in [7, 11) is 0. The highest BCUT2D eigenvalue weighted by Gasteiger charge is 1.97. The van der Waals surface area contributed by atoms with Crippen LogP contribution in [-0.4, -0.2) is 13.7 Å². The lowest BCUT2D eigenvalue weighted by molar-refractivity contribution is 0.457. The fourth-order valence-corrected chi connectivity index (χ4v) is 0.922. The maximum absolute atomic E-state index is 10.1. The monoisotopic (exact) mass is 173 g/mol. The number of aryl methyl sites for hydroxylation is 1. The summed E-state index contributed by atoms with van der Waals surface area (Å²) in [6, 6.07) is 3.09. The number of rotatable bonds is 2. The van der Waals surface area contributed by atoms with Gasteiger partial charge in [0, 0.05) is 24.0 Å². The van der Waals surface area contributed by atoms with Gasteiger partial charge in [-0.05, 0) is 6.92 Å². The zero-order valence-corrected chi connectivity index (χ0v) is 6.67. The fourth-order valence-electron chi connectivity index (χ4n) is 0.654. The molecule has 0 amide bonds. The molecule has 1 rings (SSSR count). The first-order chi connectivity index (χ1) is 5.18. The lowest BCUT2D eigenvalue weighted by Gasteiger charge is -1.98. The Morgan fingerprint density at radius 1 is 1.73 bits per heavy atom. The Labute approximate surface area is 66.7 Å². The van der Waals surface area contributed by atoms with Crippen LogP contribution in [0.4, 0.5) is 0 Å². The van der Waals surface area contributed by atoms with Crippen molar-refractivity contribution in [2.24, 2.45) is 0 Å². The van der Waals surface area contributed by atoms with Crippen molar-refractivity contribution in [1.29, 1.82) is 0 Å². The highest BCUT2D eigenvalue weighted by molar-refractivity contribution is 7.74. The number of nitrogens with zero attached hydrogens (tertiary/aromatic N) is 1. The van der Waals surface area contributed by atoms with Crippen LogP contribution in [0.25, 0.3) is 0 Å². The van der Waals surface area contributed by atoms with Crippen LogP contribution in [0.3, 0.4) is 0 Å². The van der Waals surface area contributed by atoms with Gasteiger partial charge in [-0.15, -0.1) is 0 Å². The average Bonchev–Trinajstić information content (AvgIpc) is 1.85. The van der Waals surface area contributed by atoms with Crippen LogP contribution in [-0.2, 0) is 11.4 Å². The van der Waals surface area contributed by atoms with E-state index in [4.69, 9.17) is 4.55 Å². The fraction of sp³-hybridized carbons (Fsp3) is 0.167. The second-order valence-corrected chi connectivity index (χ2v) is 2.53. The molecule has 1 heterocycles. The lowest BCUT2D eigenvalue weighted by atomic mass is 10.4. The van der Waals surface area contributed by atoms with Gasteiger partial charge in [-0.2, -0.15) is 4.21 Å². The van der Waals surface area contributed by atoms with Crippen molar-refractivity contribution >= 4 is 11.4 Å². The van der Waals surface area contributed by atoms with Gasteiger partial charge < -0.3 is 4.18 Å². The van der Waals surface area contributed by atoms with E-state index in [9.17, 15) is 4.21 Å². The summed E-state index contributed by atoms with van der Waals surface area (Å²) in [5.41, 5.74) is 0.743. The molecule has 1 N–H and O–H groups in total. The molecule has 4 nitrogen and oxygen atoms in total. The predicted octanol–water partition coefficient (Wildman–Crippen LogP) is 0.906. The first-order valence-corrected chi connectivity index (χ1v) is 3.93. The van der Waals surface area contributed by atoms with E-state index in [1.54, 1.807) is 13.0 Å². The third-order valence-corrected chi connectivity index (χ3v) is 1.37. The zero-order valence-electron chi connectivity index (χ0n) is 5.85. The molecule has 60 valence electrons. The van der Waals surface area contributed by atoms with Gasteiger partial charge in [-0.1, -0.05) is 0 Å². The van der Waals surface area contributed by atoms with E-state index < -0.39 is 11.4 Å². The summed E-state index contributed by atoms with van der Waals surface area (Å²) < 4.78 is 23.0. The number of pyridine rings is 1. The summed E-state index contributed by atoms with van der Waals surface area (Å²) in [6.07, 6.45) is 1.51. The molecule has 0 radical (unpaired) electrons. The molecular weight excluding hydrogens is 166 g/mol. The van der Waals surface area contributed by atoms with Crippen molar-refractivity contribution in [2.45, 2.75) is 6.92 Å². The first-order valence-electron chi connectivity index (χ1n) is 2.90. The summed E-state index contributed by atoms with van der Waals surface area (Å²) in [6.45, 7) is 1.77. The standard InChI is InChI=1S/C6H7NO3S/c1-5-4-6(2-3-7-5)10-11(8)9/h2-4H,1H3,(H,8,9). The van der Waals surface area contributed by atoms with Gasteiger partial charge in [0.05, 0.1) is 0 Å². The van der Waals surface area contributed by atoms with Crippen molar-refractivity contribution in [3.8, 4) is 5.75 Å². The molecule has 0 aliphatic carbocycles. The molecule has 11 heavy (non-hydrogen) atoms. The molecule has 1 atom stereocenters. The van der Waals surface area contributed by atoms with Crippen LogP contribution in [0.5, 0.6) is 5.75 Å². The van der Waals surface area contributed by atoms with E-state index in [0.29, 0.717) is 5.75 Å². The Hall–Kier alpha value is -0.940. The van der Waals surface area contributed by atoms with Gasteiger partial charge >= 0.3 is 11.4 Å². The minimum absolute atomic E-state index is 0.346. The van der Waals surface area contributed by atoms with Gasteiger partial charge in [-0.25, -0.2) is 0 Å². The van der Waals surface area contributed by atoms with Gasteiger partial charge in [0.1, 0.15) is 5.75 Å². The highest BCUT2D eigenvalue weighted by Crippen LogP contribution is 2.10. The summed E-state index contributed by atoms with van der Waals surface area (Å²) in [5, 5.41) is 0. The molecule has 0 aliphatic heterocycles. The Balaban J connectivity index is 2.79. The number of hydrogen-bond acceptors (Lipinski definition) is 3. The van der Waals surface area contributed by atoms with Gasteiger partial charge in [0.2, 0.25) is 0 Å². The van der Waals surface area contributed by atoms with Crippen LogP contribution in [0, 0.1) is 6.92 Å². The van der Waals surface area contributed by atoms with Crippen molar-refractivity contribution < 1.29 is 12.9 Å². The van der Waals surface area contributed by atoms with E-state index in [2.05, 4.69) is 9.17 Å². The van der Waals surface area contributed by atoms with Crippen LogP contribution < -0.4 is 4.18 Å². The van der Waals surface area contributed by atoms with E-state index in [-0.39, 0.29) is 0 Å². The van der Waals surface area contributed by atoms with E-state index >= 15 is 0 Å². The summed E-state index contributed by atoms with van der Waals surface area (Å²) in [4.78, 5) is 3.89. The minimum atomic E-state index is -2.25. The van der Waals surface area contributed by atoms with E-state index in [1.165, 1.54) is 12.3 Å². The Morgan fingerprint density at radius 3 is 3.00 bits per heavy atom. The molecule has 1 aromatic heterocycles. The van der Waals surface area contributed by atoms with Gasteiger partial charge in [0.25, 0.3) is 0 Å². The quantitative estimate of drug-likeness (QED) is 0.675. The predicted molar refractivity (Wildman–Crippen MR) is 40.4 cm³/mol. The average molecular weight is 173 g/mol. The topological polar surface area (TPSA) is 59.4 Å². The van der Waals surface area contributed by atoms with Gasteiger partial charge in [-0.3, -0.25) is 9.54 Å². The molecular formula is C6H7NO3S. The smallest absolute Gasteiger partial charge is 0.357 e. The minimum Gasteiger partial charge on any atom is -0.380 e. The Bertz CT molecular complexity index is 276. The Kier molecular flexibility index (Phi) is 2.56. The van der Waals surface area contributed by atoms with Crippen LogP contribution in [0.2, 0.25) is 0 Å². The summed E-state index contributed by atoms with van der Waals surface area (Å²) in [5.74, 6) is 0.346. The normalized spacial score (nSPS) is 12.5. The van der Waals surface area contributed by atoms with Crippen LogP contribution in [0.1, 0.15) is 5.69 Å². The maximum Gasteiger partial charge on any atom is 0.357 e. The van der Waals surface area contributed by atoms with Gasteiger partial charge in [0.15, 0.2) is 0 Å². The Morgan fingerprint density at radius 2 is 2.45 bits per heavy atom. The highest BCUT2D eigenvalue weighted by atomic mass is 32.2. The maximum atomic E-state index is 10.1. The van der Waals surface area contributed by atoms with E-state index in [1.807, 2.05) is 0 Å². The van der Waals surface area contributed by atoms with Crippen LogP contribution in [0.15, 0.2) is 18.3 Å². The molecule has 1 aromatic rings. The van der Waals surface area contributed by atoms with Crippen molar-refractivity contribution in [3.05, 3.63) is 24.0 Å². The zero-order chi connectivity index (χ0) is 8.27. The molecule has 0 aliphatic rings.